The maximum absolute atomic E-state index is 10.1. The van der Waals surface area contributed by atoms with Gasteiger partial charge in [0.2, 0.25) is 10.4 Å². The second-order valence-corrected chi connectivity index (χ2v) is 12.1. The maximum Gasteiger partial charge on any atom is 0.217 e. The van der Waals surface area contributed by atoms with Crippen molar-refractivity contribution in [2.75, 3.05) is 39.3 Å². The predicted octanol–water partition coefficient (Wildman–Crippen LogP) is 7.71. The number of unbranched alkanes of at least 4 members (excludes halogenated alkanes) is 7. The average Bonchev–Trinajstić information content (AvgIpc) is 3.03. The van der Waals surface area contributed by atoms with Gasteiger partial charge in [0, 0.05) is 32.7 Å². The first-order valence-corrected chi connectivity index (χ1v) is 17.2. The van der Waals surface area contributed by atoms with Gasteiger partial charge in [0.05, 0.1) is 12.6 Å². The molecule has 234 valence electrons. The standard InChI is InChI=1S/C26H28N2.C10H22O4S/c1-4-11-23(12-5-1)13-10-18-27-19-21-28(22-20-27)26(24-14-6-2-7-15-24)25-16-8-3-9-17-25;1-2-3-4-5-6-7-8-9-10-14-15(11,12)13/h1-17,26H,18-22H2;2-10H2,1H3,(H,11,12,13)/p-1/b13-10+;. The molecule has 6 nitrogen and oxygen atoms in total. The average molecular weight is 606 g/mol. The van der Waals surface area contributed by atoms with E-state index >= 15 is 0 Å². The van der Waals surface area contributed by atoms with Crippen LogP contribution in [-0.4, -0.2) is 62.1 Å². The van der Waals surface area contributed by atoms with Crippen LogP contribution in [0.4, 0.5) is 0 Å². The van der Waals surface area contributed by atoms with Crippen molar-refractivity contribution in [1.29, 1.82) is 0 Å². The first kappa shape index (κ1) is 34.7. The lowest BCUT2D eigenvalue weighted by Crippen LogP contribution is -2.47. The minimum atomic E-state index is -4.48. The van der Waals surface area contributed by atoms with Crippen LogP contribution in [0, 0.1) is 0 Å². The Bertz CT molecular complexity index is 1210. The maximum atomic E-state index is 10.1. The van der Waals surface area contributed by atoms with Gasteiger partial charge in [-0.2, -0.15) is 0 Å². The number of nitrogens with zero attached hydrogens (tertiary/aromatic N) is 2. The van der Waals surface area contributed by atoms with Crippen LogP contribution < -0.4 is 0 Å². The van der Waals surface area contributed by atoms with Crippen molar-refractivity contribution in [2.24, 2.45) is 0 Å². The molecule has 0 amide bonds. The van der Waals surface area contributed by atoms with E-state index in [9.17, 15) is 13.0 Å². The molecule has 43 heavy (non-hydrogen) atoms. The summed E-state index contributed by atoms with van der Waals surface area (Å²) in [6.07, 6.45) is 13.4. The largest absolute Gasteiger partial charge is 0.726 e. The topological polar surface area (TPSA) is 72.9 Å². The van der Waals surface area contributed by atoms with Gasteiger partial charge in [-0.1, -0.05) is 155 Å². The fourth-order valence-electron chi connectivity index (χ4n) is 5.39. The highest BCUT2D eigenvalue weighted by atomic mass is 32.3. The fraction of sp³-hybridized carbons (Fsp3) is 0.444. The van der Waals surface area contributed by atoms with Gasteiger partial charge in [-0.3, -0.25) is 14.0 Å². The van der Waals surface area contributed by atoms with Gasteiger partial charge in [-0.25, -0.2) is 8.42 Å². The summed E-state index contributed by atoms with van der Waals surface area (Å²) in [5.74, 6) is 0. The predicted molar refractivity (Wildman–Crippen MR) is 176 cm³/mol. The second kappa shape index (κ2) is 20.2. The molecule has 0 unspecified atom stereocenters. The Hall–Kier alpha value is -2.81. The van der Waals surface area contributed by atoms with Gasteiger partial charge in [-0.15, -0.1) is 0 Å². The van der Waals surface area contributed by atoms with Gasteiger partial charge in [-0.05, 0) is 23.1 Å². The van der Waals surface area contributed by atoms with E-state index in [1.807, 2.05) is 0 Å². The van der Waals surface area contributed by atoms with Gasteiger partial charge in [0.15, 0.2) is 0 Å². The van der Waals surface area contributed by atoms with Gasteiger partial charge < -0.3 is 4.55 Å². The summed E-state index contributed by atoms with van der Waals surface area (Å²) in [6, 6.07) is 32.7. The molecule has 0 N–H and O–H groups in total. The van der Waals surface area contributed by atoms with Gasteiger partial charge in [0.25, 0.3) is 0 Å². The molecule has 0 spiro atoms. The Kier molecular flexibility index (Phi) is 16.3. The first-order chi connectivity index (χ1) is 21.0. The SMILES string of the molecule is C(=C\c1ccccc1)/CN1CCN(C(c2ccccc2)c2ccccc2)CC1.CCCCCCCCCCOS(=O)(=O)[O-]. The summed E-state index contributed by atoms with van der Waals surface area (Å²) in [4.78, 5) is 5.17. The zero-order valence-electron chi connectivity index (χ0n) is 25.7. The van der Waals surface area contributed by atoms with Crippen LogP contribution in [0.1, 0.15) is 81.0 Å². The van der Waals surface area contributed by atoms with Crippen LogP contribution in [0.2, 0.25) is 0 Å². The summed E-state index contributed by atoms with van der Waals surface area (Å²) in [6.45, 7) is 7.62. The molecule has 1 aliphatic heterocycles. The van der Waals surface area contributed by atoms with Crippen LogP contribution in [0.3, 0.4) is 0 Å². The van der Waals surface area contributed by atoms with Gasteiger partial charge >= 0.3 is 0 Å². The van der Waals surface area contributed by atoms with E-state index in [1.54, 1.807) is 0 Å². The van der Waals surface area contributed by atoms with Crippen molar-refractivity contribution in [1.82, 2.24) is 9.80 Å². The van der Waals surface area contributed by atoms with Crippen LogP contribution in [-0.2, 0) is 14.6 Å². The van der Waals surface area contributed by atoms with E-state index in [4.69, 9.17) is 0 Å². The monoisotopic (exact) mass is 605 g/mol. The van der Waals surface area contributed by atoms with Crippen molar-refractivity contribution in [3.05, 3.63) is 114 Å². The molecule has 0 aromatic heterocycles. The molecule has 0 bridgehead atoms. The van der Waals surface area contributed by atoms with Crippen LogP contribution >= 0.6 is 0 Å². The lowest BCUT2D eigenvalue weighted by molar-refractivity contribution is 0.118. The Labute approximate surface area is 260 Å². The summed E-state index contributed by atoms with van der Waals surface area (Å²) in [5, 5.41) is 0. The summed E-state index contributed by atoms with van der Waals surface area (Å²) in [5.41, 5.74) is 4.03. The number of piperazine rings is 1. The summed E-state index contributed by atoms with van der Waals surface area (Å²) >= 11 is 0. The molecule has 0 atom stereocenters. The number of hydrogen-bond donors (Lipinski definition) is 0. The molecule has 0 radical (unpaired) electrons. The lowest BCUT2D eigenvalue weighted by atomic mass is 9.96. The third-order valence-electron chi connectivity index (χ3n) is 7.70. The van der Waals surface area contributed by atoms with Crippen molar-refractivity contribution in [3.63, 3.8) is 0 Å². The molecule has 3 aromatic carbocycles. The molecule has 0 aliphatic carbocycles. The molecule has 1 heterocycles. The third kappa shape index (κ3) is 14.5. The van der Waals surface area contributed by atoms with E-state index in [0.29, 0.717) is 12.5 Å². The molecule has 1 fully saturated rings. The molecule has 1 aliphatic rings. The van der Waals surface area contributed by atoms with E-state index in [1.165, 1.54) is 48.8 Å². The van der Waals surface area contributed by atoms with Crippen molar-refractivity contribution < 1.29 is 17.2 Å². The van der Waals surface area contributed by atoms with Crippen LogP contribution in [0.5, 0.6) is 0 Å². The summed E-state index contributed by atoms with van der Waals surface area (Å²) < 4.78 is 34.3. The molecule has 4 rings (SSSR count). The number of benzene rings is 3. The molecule has 7 heteroatoms. The Morgan fingerprint density at radius 3 is 1.72 bits per heavy atom. The minimum Gasteiger partial charge on any atom is -0.726 e. The fourth-order valence-corrected chi connectivity index (χ4v) is 5.71. The Morgan fingerprint density at radius 1 is 0.721 bits per heavy atom. The molecule has 3 aromatic rings. The van der Waals surface area contributed by atoms with E-state index in [0.717, 1.165) is 45.6 Å². The highest BCUT2D eigenvalue weighted by Crippen LogP contribution is 2.29. The van der Waals surface area contributed by atoms with Gasteiger partial charge in [0.1, 0.15) is 0 Å². The molecule has 0 saturated carbocycles. The number of hydrogen-bond acceptors (Lipinski definition) is 6. The van der Waals surface area contributed by atoms with Crippen molar-refractivity contribution >= 4 is 16.5 Å². The van der Waals surface area contributed by atoms with Crippen LogP contribution in [0.15, 0.2) is 97.1 Å². The van der Waals surface area contributed by atoms with Crippen molar-refractivity contribution in [2.45, 2.75) is 64.3 Å². The van der Waals surface area contributed by atoms with Crippen molar-refractivity contribution in [3.8, 4) is 0 Å². The highest BCUT2D eigenvalue weighted by Gasteiger charge is 2.25. The second-order valence-electron chi connectivity index (χ2n) is 11.1. The highest BCUT2D eigenvalue weighted by molar-refractivity contribution is 7.80. The Morgan fingerprint density at radius 2 is 1.21 bits per heavy atom. The third-order valence-corrected chi connectivity index (χ3v) is 8.16. The first-order valence-electron chi connectivity index (χ1n) is 15.8. The summed E-state index contributed by atoms with van der Waals surface area (Å²) in [7, 11) is -4.48. The number of rotatable bonds is 16. The van der Waals surface area contributed by atoms with E-state index in [2.05, 4.69) is 124 Å². The normalized spacial score (nSPS) is 14.6. The Balaban J connectivity index is 0.000000289. The molecular weight excluding hydrogens is 556 g/mol. The lowest BCUT2D eigenvalue weighted by Gasteiger charge is -2.39. The van der Waals surface area contributed by atoms with Crippen LogP contribution in [0.25, 0.3) is 6.08 Å². The van der Waals surface area contributed by atoms with E-state index < -0.39 is 10.4 Å². The molecule has 1 saturated heterocycles. The quantitative estimate of drug-likeness (QED) is 0.0946. The zero-order chi connectivity index (χ0) is 30.6. The minimum absolute atomic E-state index is 0.0286. The molecular formula is C36H49N2O4S-. The smallest absolute Gasteiger partial charge is 0.217 e. The zero-order valence-corrected chi connectivity index (χ0v) is 26.5. The van der Waals surface area contributed by atoms with E-state index in [-0.39, 0.29) is 6.61 Å².